The number of carbonyl (C=O) groups excluding carboxylic acids is 2. The zero-order valence-corrected chi connectivity index (χ0v) is 9.69. The summed E-state index contributed by atoms with van der Waals surface area (Å²) in [4.78, 5) is 21.2. The van der Waals surface area contributed by atoms with Crippen molar-refractivity contribution in [3.05, 3.63) is 24.3 Å². The second-order valence-electron chi connectivity index (χ2n) is 3.68. The minimum atomic E-state index is -0.479. The Morgan fingerprint density at radius 3 is 1.94 bits per heavy atom. The molecular formula is C12H20N2O2. The summed E-state index contributed by atoms with van der Waals surface area (Å²) in [6.45, 7) is 2.12. The highest BCUT2D eigenvalue weighted by Crippen LogP contribution is 2.12. The van der Waals surface area contributed by atoms with Gasteiger partial charge < -0.3 is 11.5 Å². The molecule has 0 fully saturated rings. The summed E-state index contributed by atoms with van der Waals surface area (Å²) in [6.07, 6.45) is 10.3. The molecule has 0 aliphatic rings. The number of primary amides is 2. The van der Waals surface area contributed by atoms with Crippen molar-refractivity contribution in [2.75, 3.05) is 0 Å². The van der Waals surface area contributed by atoms with Crippen LogP contribution in [-0.4, -0.2) is 11.8 Å². The molecule has 0 atom stereocenters. The van der Waals surface area contributed by atoms with E-state index in [1.54, 1.807) is 12.2 Å². The van der Waals surface area contributed by atoms with Crippen LogP contribution in [0.4, 0.5) is 0 Å². The number of rotatable bonds is 8. The van der Waals surface area contributed by atoms with Crippen molar-refractivity contribution in [3.8, 4) is 0 Å². The Balaban J connectivity index is 4.26. The Hall–Kier alpha value is -1.58. The fourth-order valence-electron chi connectivity index (χ4n) is 1.32. The van der Waals surface area contributed by atoms with Crippen LogP contribution in [0, 0.1) is 5.92 Å². The van der Waals surface area contributed by atoms with E-state index in [4.69, 9.17) is 11.5 Å². The third-order valence-corrected chi connectivity index (χ3v) is 2.16. The molecule has 0 saturated heterocycles. The van der Waals surface area contributed by atoms with Gasteiger partial charge in [-0.3, -0.25) is 9.59 Å². The topological polar surface area (TPSA) is 86.2 Å². The van der Waals surface area contributed by atoms with Gasteiger partial charge in [0, 0.05) is 0 Å². The van der Waals surface area contributed by atoms with Crippen molar-refractivity contribution < 1.29 is 9.59 Å². The summed E-state index contributed by atoms with van der Waals surface area (Å²) in [5.41, 5.74) is 10.0. The van der Waals surface area contributed by atoms with Gasteiger partial charge in [0.1, 0.15) is 0 Å². The lowest BCUT2D eigenvalue weighted by Gasteiger charge is -2.06. The second kappa shape index (κ2) is 8.71. The third kappa shape index (κ3) is 8.99. The molecule has 0 heterocycles. The lowest BCUT2D eigenvalue weighted by atomic mass is 10.00. The fraction of sp³-hybridized carbons (Fsp3) is 0.500. The van der Waals surface area contributed by atoms with Crippen LogP contribution in [0.15, 0.2) is 24.3 Å². The molecule has 0 aromatic carbocycles. The van der Waals surface area contributed by atoms with E-state index in [1.807, 2.05) is 0 Å². The molecule has 0 aliphatic heterocycles. The van der Waals surface area contributed by atoms with Crippen molar-refractivity contribution in [1.82, 2.24) is 0 Å². The summed E-state index contributed by atoms with van der Waals surface area (Å²) < 4.78 is 0. The first-order chi connectivity index (χ1) is 7.56. The number of unbranched alkanes of at least 4 members (excludes halogenated alkanes) is 2. The van der Waals surface area contributed by atoms with Crippen molar-refractivity contribution in [2.45, 2.75) is 32.6 Å². The van der Waals surface area contributed by atoms with Crippen LogP contribution in [-0.2, 0) is 9.59 Å². The van der Waals surface area contributed by atoms with Crippen molar-refractivity contribution >= 4 is 11.8 Å². The van der Waals surface area contributed by atoms with Crippen molar-refractivity contribution in [3.63, 3.8) is 0 Å². The monoisotopic (exact) mass is 224 g/mol. The van der Waals surface area contributed by atoms with Crippen LogP contribution in [0.25, 0.3) is 0 Å². The molecule has 0 saturated carbocycles. The summed E-state index contributed by atoms with van der Waals surface area (Å²) in [6, 6.07) is 0. The van der Waals surface area contributed by atoms with Crippen LogP contribution < -0.4 is 11.5 Å². The van der Waals surface area contributed by atoms with Crippen LogP contribution in [0.3, 0.4) is 0 Å². The van der Waals surface area contributed by atoms with Gasteiger partial charge >= 0.3 is 0 Å². The van der Waals surface area contributed by atoms with E-state index in [2.05, 4.69) is 6.92 Å². The summed E-state index contributed by atoms with van der Waals surface area (Å²) in [7, 11) is 0. The largest absolute Gasteiger partial charge is 0.366 e. The van der Waals surface area contributed by atoms with Gasteiger partial charge in [-0.2, -0.15) is 0 Å². The molecule has 90 valence electrons. The first-order valence-electron chi connectivity index (χ1n) is 5.51. The Morgan fingerprint density at radius 2 is 1.56 bits per heavy atom. The van der Waals surface area contributed by atoms with E-state index < -0.39 is 11.8 Å². The third-order valence-electron chi connectivity index (χ3n) is 2.16. The Kier molecular flexibility index (Phi) is 7.85. The first-order valence-corrected chi connectivity index (χ1v) is 5.51. The molecule has 0 radical (unpaired) electrons. The maximum atomic E-state index is 10.6. The highest BCUT2D eigenvalue weighted by atomic mass is 16.1. The van der Waals surface area contributed by atoms with Gasteiger partial charge in [-0.25, -0.2) is 0 Å². The predicted octanol–water partition coefficient (Wildman–Crippen LogP) is 1.27. The molecule has 0 bridgehead atoms. The lowest BCUT2D eigenvalue weighted by molar-refractivity contribution is -0.114. The van der Waals surface area contributed by atoms with E-state index in [0.717, 1.165) is 25.7 Å². The molecule has 0 rings (SSSR count). The average Bonchev–Trinajstić information content (AvgIpc) is 2.21. The molecule has 4 nitrogen and oxygen atoms in total. The standard InChI is InChI=1S/C12H20N2O2/c1-2-3-4-5-10(6-8-11(13)15)7-9-12(14)16/h6-10H,2-5H2,1H3,(H2,13,15)(H2,14,16). The molecule has 4 heteroatoms. The maximum Gasteiger partial charge on any atom is 0.241 e. The van der Waals surface area contributed by atoms with E-state index >= 15 is 0 Å². The van der Waals surface area contributed by atoms with Crippen LogP contribution in [0.2, 0.25) is 0 Å². The number of allylic oxidation sites excluding steroid dienone is 2. The average molecular weight is 224 g/mol. The SMILES string of the molecule is CCCCCC(C=CC(N)=O)C=CC(N)=O. The molecule has 2 amide bonds. The first kappa shape index (κ1) is 14.4. The molecule has 0 aromatic rings. The Labute approximate surface area is 96.4 Å². The van der Waals surface area contributed by atoms with Crippen LogP contribution in [0.5, 0.6) is 0 Å². The highest BCUT2D eigenvalue weighted by molar-refractivity contribution is 5.86. The van der Waals surface area contributed by atoms with Gasteiger partial charge in [0.2, 0.25) is 11.8 Å². The molecular weight excluding hydrogens is 204 g/mol. The van der Waals surface area contributed by atoms with E-state index in [0.29, 0.717) is 0 Å². The fourth-order valence-corrected chi connectivity index (χ4v) is 1.32. The minimum Gasteiger partial charge on any atom is -0.366 e. The molecule has 0 unspecified atom stereocenters. The van der Waals surface area contributed by atoms with Gasteiger partial charge in [-0.05, 0) is 24.5 Å². The van der Waals surface area contributed by atoms with E-state index in [9.17, 15) is 9.59 Å². The summed E-state index contributed by atoms with van der Waals surface area (Å²) in [5, 5.41) is 0. The zero-order valence-electron chi connectivity index (χ0n) is 9.69. The molecule has 0 spiro atoms. The van der Waals surface area contributed by atoms with Crippen molar-refractivity contribution in [2.24, 2.45) is 17.4 Å². The zero-order chi connectivity index (χ0) is 12.4. The van der Waals surface area contributed by atoms with Crippen LogP contribution in [0.1, 0.15) is 32.6 Å². The summed E-state index contributed by atoms with van der Waals surface area (Å²) in [5.74, 6) is -0.910. The number of hydrogen-bond acceptors (Lipinski definition) is 2. The molecule has 0 aliphatic carbocycles. The lowest BCUT2D eigenvalue weighted by Crippen LogP contribution is -2.08. The van der Waals surface area contributed by atoms with E-state index in [-0.39, 0.29) is 5.92 Å². The van der Waals surface area contributed by atoms with Gasteiger partial charge in [0.15, 0.2) is 0 Å². The van der Waals surface area contributed by atoms with E-state index in [1.165, 1.54) is 12.2 Å². The smallest absolute Gasteiger partial charge is 0.241 e. The summed E-state index contributed by atoms with van der Waals surface area (Å²) >= 11 is 0. The number of hydrogen-bond donors (Lipinski definition) is 2. The van der Waals surface area contributed by atoms with Gasteiger partial charge in [-0.1, -0.05) is 38.3 Å². The normalized spacial score (nSPS) is 13.3. The van der Waals surface area contributed by atoms with Gasteiger partial charge in [-0.15, -0.1) is 0 Å². The molecule has 16 heavy (non-hydrogen) atoms. The van der Waals surface area contributed by atoms with Crippen molar-refractivity contribution in [1.29, 1.82) is 0 Å². The number of amides is 2. The quantitative estimate of drug-likeness (QED) is 0.480. The van der Waals surface area contributed by atoms with Crippen LogP contribution >= 0.6 is 0 Å². The maximum absolute atomic E-state index is 10.6. The number of carbonyl (C=O) groups is 2. The van der Waals surface area contributed by atoms with Gasteiger partial charge in [0.05, 0.1) is 0 Å². The minimum absolute atomic E-state index is 0.0477. The van der Waals surface area contributed by atoms with Gasteiger partial charge in [0.25, 0.3) is 0 Å². The molecule has 4 N–H and O–H groups in total. The Bertz CT molecular complexity index is 259. The second-order valence-corrected chi connectivity index (χ2v) is 3.68. The Morgan fingerprint density at radius 1 is 1.06 bits per heavy atom. The molecule has 0 aromatic heterocycles. The number of nitrogens with two attached hydrogens (primary N) is 2. The predicted molar refractivity (Wildman–Crippen MR) is 64.3 cm³/mol. The highest BCUT2D eigenvalue weighted by Gasteiger charge is 2.01.